The zero-order valence-electron chi connectivity index (χ0n) is 52.5. The van der Waals surface area contributed by atoms with Gasteiger partial charge >= 0.3 is 48.3 Å². The van der Waals surface area contributed by atoms with E-state index in [1.54, 1.807) is 16.4 Å². The Morgan fingerprint density at radius 3 is 1.92 bits per heavy atom. The maximum absolute atomic E-state index is 12.8. The van der Waals surface area contributed by atoms with Crippen LogP contribution in [-0.2, 0) is 56.3 Å². The van der Waals surface area contributed by atoms with Gasteiger partial charge in [-0.15, -0.1) is 0 Å². The van der Waals surface area contributed by atoms with Crippen molar-refractivity contribution in [1.29, 1.82) is 0 Å². The highest BCUT2D eigenvalue weighted by Crippen LogP contribution is 2.38. The lowest BCUT2D eigenvalue weighted by atomic mass is 10.1. The molecule has 3 heterocycles. The Labute approximate surface area is 557 Å². The number of benzene rings is 3. The van der Waals surface area contributed by atoms with Crippen LogP contribution in [0.4, 0.5) is 53.5 Å². The normalized spacial score (nSPS) is 12.3. The number of nitro groups is 1. The Balaban J connectivity index is 0.000000355. The van der Waals surface area contributed by atoms with Gasteiger partial charge in [0.25, 0.3) is 31.6 Å². The van der Waals surface area contributed by atoms with Gasteiger partial charge in [0.15, 0.2) is 18.5 Å². The largest absolute Gasteiger partial charge is 0.481 e. The molecular weight excluding hydrogens is 1410 g/mol. The summed E-state index contributed by atoms with van der Waals surface area (Å²) in [4.78, 5) is 113. The van der Waals surface area contributed by atoms with Gasteiger partial charge in [-0.3, -0.25) is 34.9 Å². The number of nitrogens with one attached hydrogen (secondary N) is 4. The fourth-order valence-corrected chi connectivity index (χ4v) is 10.1. The number of sulfonamides is 2. The van der Waals surface area contributed by atoms with Gasteiger partial charge in [0.2, 0.25) is 23.7 Å². The number of urea groups is 2. The molecule has 98 heavy (non-hydrogen) atoms. The number of methoxy groups -OCH3 is 3. The Kier molecular flexibility index (Phi) is 30.4. The summed E-state index contributed by atoms with van der Waals surface area (Å²) < 4.78 is 169. The van der Waals surface area contributed by atoms with E-state index in [-0.39, 0.29) is 82.3 Å². The Morgan fingerprint density at radius 2 is 1.40 bits per heavy atom. The number of hydrogen-bond acceptors (Lipinski definition) is 26. The first-order valence-corrected chi connectivity index (χ1v) is 32.8. The zero-order chi connectivity index (χ0) is 74.3. The summed E-state index contributed by atoms with van der Waals surface area (Å²) in [5.74, 6) is -4.21. The molecule has 0 saturated heterocycles. The lowest BCUT2D eigenvalue weighted by Gasteiger charge is -2.14. The number of nitrogens with two attached hydrogens (primary N) is 1. The number of carbonyl (C=O) groups is 6. The van der Waals surface area contributed by atoms with Crippen LogP contribution in [0.1, 0.15) is 64.4 Å². The number of aliphatic carboxylic acids is 1. The summed E-state index contributed by atoms with van der Waals surface area (Å²) in [5.41, 5.74) is 2.67. The minimum atomic E-state index is -4.61. The number of ether oxygens (including phenoxy) is 6. The molecule has 5 amide bonds. The summed E-state index contributed by atoms with van der Waals surface area (Å²) in [7, 11) is -5.09. The lowest BCUT2D eigenvalue weighted by Crippen LogP contribution is -2.36. The van der Waals surface area contributed by atoms with E-state index >= 15 is 0 Å². The maximum atomic E-state index is 12.8. The van der Waals surface area contributed by atoms with Gasteiger partial charge in [-0.25, -0.2) is 42.0 Å². The third-order valence-electron chi connectivity index (χ3n) is 11.5. The number of anilines is 2. The number of halogens is 7. The minimum absolute atomic E-state index is 0.0398. The Bertz CT molecular complexity index is 4120. The third kappa shape index (κ3) is 27.2. The van der Waals surface area contributed by atoms with Gasteiger partial charge < -0.3 is 49.1 Å². The molecule has 6 rings (SSSR count). The Morgan fingerprint density at radius 1 is 0.806 bits per heavy atom. The van der Waals surface area contributed by atoms with E-state index in [1.807, 2.05) is 0 Å². The number of carbonyl (C=O) groups excluding carboxylic acids is 5. The van der Waals surface area contributed by atoms with Crippen LogP contribution < -0.4 is 44.8 Å². The molecule has 3 aromatic carbocycles. The topological polar surface area (TPSA) is 481 Å². The highest BCUT2D eigenvalue weighted by Gasteiger charge is 2.33. The fourth-order valence-electron chi connectivity index (χ4n) is 6.95. The lowest BCUT2D eigenvalue weighted by molar-refractivity contribution is -0.385. The van der Waals surface area contributed by atoms with E-state index in [0.717, 1.165) is 36.4 Å². The van der Waals surface area contributed by atoms with Crippen LogP contribution in [0, 0.1) is 17.0 Å². The molecule has 3 aromatic heterocycles. The average Bonchev–Trinajstić information content (AvgIpc) is 0.828. The van der Waals surface area contributed by atoms with Gasteiger partial charge in [-0.2, -0.15) is 59.7 Å². The van der Waals surface area contributed by atoms with E-state index in [0.29, 0.717) is 6.07 Å². The number of aryl methyl sites for hydroxylation is 2. The molecule has 6 aromatic rings. The second-order valence-electron chi connectivity index (χ2n) is 19.4. The van der Waals surface area contributed by atoms with E-state index in [4.69, 9.17) is 55.8 Å². The van der Waals surface area contributed by atoms with Crippen LogP contribution in [0.5, 0.6) is 29.3 Å². The van der Waals surface area contributed by atoms with Crippen molar-refractivity contribution in [3.8, 4) is 29.3 Å². The monoisotopic (exact) mass is 1470 g/mol. The number of carboxylic acids is 1. The molecule has 3 atom stereocenters. The predicted molar refractivity (Wildman–Crippen MR) is 330 cm³/mol. The van der Waals surface area contributed by atoms with Crippen LogP contribution >= 0.6 is 19.0 Å². The number of amides is 5. The fraction of sp³-hybridized carbons (Fsp3) is 0.333. The van der Waals surface area contributed by atoms with Gasteiger partial charge in [0, 0.05) is 51.7 Å². The van der Waals surface area contributed by atoms with Crippen molar-refractivity contribution in [3.63, 3.8) is 0 Å². The van der Waals surface area contributed by atoms with E-state index in [1.165, 1.54) is 103 Å². The number of pyridine rings is 1. The minimum Gasteiger partial charge on any atom is -0.481 e. The van der Waals surface area contributed by atoms with Crippen LogP contribution in [0.15, 0.2) is 95.0 Å². The smallest absolute Gasteiger partial charge is 0.416 e. The zero-order valence-corrected chi connectivity index (χ0v) is 55.8. The van der Waals surface area contributed by atoms with Crippen molar-refractivity contribution >= 4 is 92.5 Å². The number of rotatable bonds is 23. The van der Waals surface area contributed by atoms with Gasteiger partial charge in [0.05, 0.1) is 60.0 Å². The van der Waals surface area contributed by atoms with Crippen molar-refractivity contribution < 1.29 is 120 Å². The van der Waals surface area contributed by atoms with E-state index < -0.39 is 132 Å². The SMILES string of the molecule is CCOC(=O)C(C)OC(=O)c1cc(Oc2ccc(C(F)(F)F)cc2Cl)ccc1[N+](=O)[O-].COc1cc(OC)nc(NC(=O)NS(=O)(=O)c2ncccc2C(=O)N(C)C)n1.COc1nc(C)nc(NC(=O)NS(=O)(=O)c2ccccc2CCC(F)(F)F)n1.CP(=O)(O)CCC(N)C(=O)O. The predicted octanol–water partition coefficient (Wildman–Crippen LogP) is 7.15. The standard InChI is InChI=1S/C19H15ClF3NO7.C15H16F3N5O4S.C15H18N6O6S.C5H12NO4P/c1-3-29-17(25)10(2)30-18(26)13-9-12(5-6-15(13)24(27)28)31-16-7-4-11(8-14(16)20)19(21,22)23;1-9-19-12(22-14(20-9)27-2)21-13(24)23-28(25,26)11-6-4-3-5-10(11)7-8-15(16,17)18;1-21(2)13(22)9-6-5-7-16-12(9)28(24,25)20-15(23)19-14-17-10(26-3)8-11(18-14)27-4;1-11(9,10)3-2-4(6)5(7)8/h4-10H,3H2,1-2H3;3-6H,7-8H2,1-2H3,(H2,19,20,21,22,23,24);5-8H,1-4H3,(H2,17,18,19,20,23);4H,2-3,6H2,1H3,(H,7,8)(H,9,10). The first-order chi connectivity index (χ1) is 45.4. The van der Waals surface area contributed by atoms with Crippen molar-refractivity contribution in [3.05, 3.63) is 128 Å². The molecule has 34 nitrogen and oxygen atoms in total. The average molecular weight is 1470 g/mol. The third-order valence-corrected chi connectivity index (χ3v) is 15.6. The molecule has 0 spiro atoms. The summed E-state index contributed by atoms with van der Waals surface area (Å²) in [6.07, 6.45) is -10.9. The van der Waals surface area contributed by atoms with Crippen LogP contribution in [-0.4, -0.2) is 176 Å². The molecule has 0 aliphatic heterocycles. The quantitative estimate of drug-likeness (QED) is 0.0110. The number of alkyl halides is 6. The maximum Gasteiger partial charge on any atom is 0.416 e. The second kappa shape index (κ2) is 36.3. The molecule has 0 radical (unpaired) electrons. The van der Waals surface area contributed by atoms with Crippen molar-refractivity contribution in [1.82, 2.24) is 44.2 Å². The van der Waals surface area contributed by atoms with Crippen molar-refractivity contribution in [2.24, 2.45) is 5.73 Å². The molecule has 0 fully saturated rings. The molecular formula is C54H61ClF6N13O21PS2. The van der Waals surface area contributed by atoms with E-state index in [2.05, 4.69) is 40.5 Å². The van der Waals surface area contributed by atoms with Crippen molar-refractivity contribution in [2.45, 2.75) is 74.5 Å². The van der Waals surface area contributed by atoms with Gasteiger partial charge in [-0.05, 0) is 81.6 Å². The molecule has 0 aliphatic carbocycles. The number of carboxylic acid groups (broad SMARTS) is 1. The second-order valence-corrected chi connectivity index (χ2v) is 25.6. The van der Waals surface area contributed by atoms with Crippen molar-refractivity contribution in [2.75, 3.05) is 65.5 Å². The van der Waals surface area contributed by atoms with Gasteiger partial charge in [0.1, 0.15) is 28.9 Å². The number of hydrogen-bond donors (Lipinski definition) is 7. The number of nitro benzene ring substituents is 1. The molecule has 0 bridgehead atoms. The molecule has 44 heteroatoms. The molecule has 534 valence electrons. The first kappa shape index (κ1) is 82.1. The molecule has 8 N–H and O–H groups in total. The summed E-state index contributed by atoms with van der Waals surface area (Å²) >= 11 is 5.83. The van der Waals surface area contributed by atoms with Crippen LogP contribution in [0.25, 0.3) is 0 Å². The summed E-state index contributed by atoms with van der Waals surface area (Å²) in [6.45, 7) is 5.50. The Hall–Kier alpha value is -10.2. The number of nitrogens with zero attached hydrogens (tertiary/aromatic N) is 8. The molecule has 3 unspecified atom stereocenters. The highest BCUT2D eigenvalue weighted by molar-refractivity contribution is 7.90. The van der Waals surface area contributed by atoms with Gasteiger partial charge in [-0.1, -0.05) is 29.8 Å². The molecule has 0 aliphatic rings. The number of esters is 2. The summed E-state index contributed by atoms with van der Waals surface area (Å²) in [6, 6.07) is 11.1. The first-order valence-electron chi connectivity index (χ1n) is 27.1. The van der Waals surface area contributed by atoms with Crippen LogP contribution in [0.2, 0.25) is 5.02 Å². The van der Waals surface area contributed by atoms with E-state index in [9.17, 15) is 86.6 Å². The molecule has 0 saturated carbocycles. The summed E-state index contributed by atoms with van der Waals surface area (Å²) in [5, 5.41) is 22.8. The van der Waals surface area contributed by atoms with Crippen LogP contribution in [0.3, 0.4) is 0 Å². The number of aromatic nitrogens is 6. The highest BCUT2D eigenvalue weighted by atomic mass is 35.5.